The molecule has 2 aromatic rings. The highest BCUT2D eigenvalue weighted by Crippen LogP contribution is 2.44. The minimum Gasteiger partial charge on any atom is -0.394 e. The zero-order chi connectivity index (χ0) is 27.1. The Morgan fingerprint density at radius 3 is 2.70 bits per heavy atom. The number of hydrogen-bond donors (Lipinski definition) is 1. The van der Waals surface area contributed by atoms with Gasteiger partial charge in [0.05, 0.1) is 13.1 Å². The number of alkyl halides is 3. The summed E-state index contributed by atoms with van der Waals surface area (Å²) < 4.78 is 57.1. The molecule has 6 nitrogen and oxygen atoms in total. The summed E-state index contributed by atoms with van der Waals surface area (Å²) in [6, 6.07) is 5.78. The van der Waals surface area contributed by atoms with E-state index in [2.05, 4.69) is 11.1 Å². The number of benzene rings is 1. The van der Waals surface area contributed by atoms with Crippen LogP contribution in [0.15, 0.2) is 41.0 Å². The van der Waals surface area contributed by atoms with E-state index in [-0.39, 0.29) is 36.7 Å². The lowest BCUT2D eigenvalue weighted by Gasteiger charge is -2.34. The van der Waals surface area contributed by atoms with Crippen LogP contribution in [-0.4, -0.2) is 61.3 Å². The van der Waals surface area contributed by atoms with E-state index >= 15 is 4.39 Å². The molecule has 2 bridgehead atoms. The summed E-state index contributed by atoms with van der Waals surface area (Å²) in [7, 11) is 3.51. The molecule has 0 saturated heterocycles. The Morgan fingerprint density at radius 2 is 2.05 bits per heavy atom. The third-order valence-corrected chi connectivity index (χ3v) is 7.89. The van der Waals surface area contributed by atoms with Crippen LogP contribution in [0.5, 0.6) is 0 Å². The fourth-order valence-corrected chi connectivity index (χ4v) is 5.90. The molecule has 0 spiro atoms. The second-order valence-corrected chi connectivity index (χ2v) is 10.3. The van der Waals surface area contributed by atoms with E-state index in [1.807, 2.05) is 0 Å². The lowest BCUT2D eigenvalue weighted by Crippen LogP contribution is -2.38. The van der Waals surface area contributed by atoms with E-state index in [0.29, 0.717) is 10.4 Å². The maximum atomic E-state index is 15.5. The van der Waals surface area contributed by atoms with E-state index < -0.39 is 35.2 Å². The van der Waals surface area contributed by atoms with Crippen molar-refractivity contribution in [1.82, 2.24) is 9.80 Å². The lowest BCUT2D eigenvalue weighted by molar-refractivity contribution is -0.127. The highest BCUT2D eigenvalue weighted by atomic mass is 32.1. The molecule has 0 fully saturated rings. The molecule has 1 unspecified atom stereocenters. The monoisotopic (exact) mass is 531 g/mol. The first-order chi connectivity index (χ1) is 17.4. The van der Waals surface area contributed by atoms with Gasteiger partial charge in [-0.1, -0.05) is 18.2 Å². The molecule has 37 heavy (non-hydrogen) atoms. The number of rotatable bonds is 1. The minimum absolute atomic E-state index is 0.0244. The van der Waals surface area contributed by atoms with Crippen molar-refractivity contribution in [3.8, 4) is 6.07 Å². The molecule has 0 aliphatic carbocycles. The molecular formula is C26H25F4N5OS. The molecule has 11 heteroatoms. The van der Waals surface area contributed by atoms with Crippen molar-refractivity contribution < 1.29 is 22.4 Å². The van der Waals surface area contributed by atoms with Crippen molar-refractivity contribution in [2.45, 2.75) is 31.6 Å². The summed E-state index contributed by atoms with van der Waals surface area (Å²) in [5, 5.41) is 9.63. The zero-order valence-electron chi connectivity index (χ0n) is 20.4. The molecule has 0 saturated carbocycles. The molecule has 2 aliphatic rings. The summed E-state index contributed by atoms with van der Waals surface area (Å²) in [6.07, 6.45) is -0.884. The first-order valence-electron chi connectivity index (χ1n) is 11.4. The fraction of sp³-hybridized carbons (Fsp3) is 0.346. The highest BCUT2D eigenvalue weighted by Gasteiger charge is 2.38. The van der Waals surface area contributed by atoms with Gasteiger partial charge in [-0.05, 0) is 43.8 Å². The summed E-state index contributed by atoms with van der Waals surface area (Å²) >= 11 is 1.23. The Bertz CT molecular complexity index is 1370. The van der Waals surface area contributed by atoms with Crippen molar-refractivity contribution in [3.05, 3.63) is 73.9 Å². The molecule has 0 radical (unpaired) electrons. The molecule has 1 amide bonds. The average molecular weight is 532 g/mol. The smallest absolute Gasteiger partial charge is 0.394 e. The Labute approximate surface area is 216 Å². The molecule has 1 aromatic heterocycles. The fourth-order valence-electron chi connectivity index (χ4n) is 4.72. The SMILES string of the molecule is Cc1c(C#N)sc2c1[C@H]1CN(C2)C(=O)/C=C/C(N(C)C)CN=CC(=C(N)C(F)(F)F)c2c(F)cccc21. The Kier molecular flexibility index (Phi) is 7.26. The molecule has 2 N–H and O–H groups in total. The number of carbonyl (C=O) groups excluding carboxylic acids is 1. The number of nitrogens with two attached hydrogens (primary N) is 1. The largest absolute Gasteiger partial charge is 0.431 e. The summed E-state index contributed by atoms with van der Waals surface area (Å²) in [5.74, 6) is -1.86. The maximum Gasteiger partial charge on any atom is 0.431 e. The molecule has 1 aromatic carbocycles. The van der Waals surface area contributed by atoms with Crippen molar-refractivity contribution in [1.29, 1.82) is 5.26 Å². The number of amides is 1. The van der Waals surface area contributed by atoms with Gasteiger partial charge in [0.2, 0.25) is 5.91 Å². The van der Waals surface area contributed by atoms with Gasteiger partial charge in [0.15, 0.2) is 0 Å². The van der Waals surface area contributed by atoms with Gasteiger partial charge < -0.3 is 15.5 Å². The van der Waals surface area contributed by atoms with Crippen LogP contribution < -0.4 is 5.73 Å². The molecule has 194 valence electrons. The standard InChI is InChI=1S/C26H25F4N5OS/c1-14-20(9-31)37-21-13-35-12-18(23(14)21)16-5-4-6-19(27)24(16)17(25(32)26(28,29)30)11-33-10-15(34(2)3)7-8-22(35)36/h4-8,11,15,18H,10,12-13,32H2,1-3H3/b8-7+,25-17?,33-11?/t15?,18-/m0/s1. The van der Waals surface area contributed by atoms with E-state index in [0.717, 1.165) is 22.7 Å². The van der Waals surface area contributed by atoms with E-state index in [1.54, 1.807) is 43.0 Å². The zero-order valence-corrected chi connectivity index (χ0v) is 21.3. The number of carbonyl (C=O) groups is 1. The van der Waals surface area contributed by atoms with Crippen LogP contribution in [0, 0.1) is 24.1 Å². The third kappa shape index (κ3) is 5.04. The predicted molar refractivity (Wildman–Crippen MR) is 135 cm³/mol. The van der Waals surface area contributed by atoms with Crippen molar-refractivity contribution in [2.75, 3.05) is 27.2 Å². The van der Waals surface area contributed by atoms with Crippen LogP contribution in [0.1, 0.15) is 37.9 Å². The van der Waals surface area contributed by atoms with Gasteiger partial charge >= 0.3 is 6.18 Å². The molecule has 2 atom stereocenters. The molecule has 4 rings (SSSR count). The Hall–Kier alpha value is -3.49. The van der Waals surface area contributed by atoms with Gasteiger partial charge in [-0.25, -0.2) is 4.39 Å². The van der Waals surface area contributed by atoms with Crippen LogP contribution in [-0.2, 0) is 11.3 Å². The van der Waals surface area contributed by atoms with Gasteiger partial charge in [0.1, 0.15) is 22.5 Å². The highest BCUT2D eigenvalue weighted by molar-refractivity contribution is 7.12. The number of fused-ring (bicyclic) bond motifs is 6. The third-order valence-electron chi connectivity index (χ3n) is 6.69. The first kappa shape index (κ1) is 26.6. The maximum absolute atomic E-state index is 15.5. The lowest BCUT2D eigenvalue weighted by atomic mass is 9.81. The number of thiophene rings is 1. The van der Waals surface area contributed by atoms with E-state index in [9.17, 15) is 23.2 Å². The number of halogens is 4. The van der Waals surface area contributed by atoms with Crippen LogP contribution >= 0.6 is 11.3 Å². The Morgan fingerprint density at radius 1 is 1.32 bits per heavy atom. The number of hydrogen-bond acceptors (Lipinski definition) is 6. The van der Waals surface area contributed by atoms with Gasteiger partial charge in [0.25, 0.3) is 0 Å². The molecular weight excluding hydrogens is 506 g/mol. The van der Waals surface area contributed by atoms with Crippen LogP contribution in [0.25, 0.3) is 5.57 Å². The van der Waals surface area contributed by atoms with Gasteiger partial charge in [-0.3, -0.25) is 9.79 Å². The number of nitriles is 1. The summed E-state index contributed by atoms with van der Waals surface area (Å²) in [4.78, 5) is 21.9. The number of aliphatic imine (C=N–C) groups is 1. The first-order valence-corrected chi connectivity index (χ1v) is 12.3. The Balaban J connectivity index is 2.06. The van der Waals surface area contributed by atoms with Gasteiger partial charge in [0, 0.05) is 46.8 Å². The van der Waals surface area contributed by atoms with Crippen LogP contribution in [0.3, 0.4) is 0 Å². The topological polar surface area (TPSA) is 85.7 Å². The number of nitrogens with zero attached hydrogens (tertiary/aromatic N) is 4. The summed E-state index contributed by atoms with van der Waals surface area (Å²) in [6.45, 7) is 2.12. The van der Waals surface area contributed by atoms with Crippen molar-refractivity contribution >= 4 is 29.0 Å². The van der Waals surface area contributed by atoms with E-state index in [4.69, 9.17) is 5.73 Å². The van der Waals surface area contributed by atoms with Crippen molar-refractivity contribution in [2.24, 2.45) is 10.7 Å². The number of likely N-dealkylation sites (N-methyl/N-ethyl adjacent to an activating group) is 1. The van der Waals surface area contributed by atoms with Gasteiger partial charge in [-0.15, -0.1) is 11.3 Å². The number of allylic oxidation sites excluding steroid dienone is 2. The molecule has 2 aliphatic heterocycles. The summed E-state index contributed by atoms with van der Waals surface area (Å²) in [5.41, 5.74) is 4.88. The molecule has 3 heterocycles. The normalized spacial score (nSPS) is 22.4. The van der Waals surface area contributed by atoms with Gasteiger partial charge in [-0.2, -0.15) is 18.4 Å². The second kappa shape index (κ2) is 10.1. The van der Waals surface area contributed by atoms with Crippen LogP contribution in [0.4, 0.5) is 17.6 Å². The predicted octanol–water partition coefficient (Wildman–Crippen LogP) is 4.34. The quantitative estimate of drug-likeness (QED) is 0.555. The van der Waals surface area contributed by atoms with E-state index in [1.165, 1.54) is 23.5 Å². The van der Waals surface area contributed by atoms with Crippen molar-refractivity contribution in [3.63, 3.8) is 0 Å². The minimum atomic E-state index is -4.93. The average Bonchev–Trinajstić information content (AvgIpc) is 3.17. The second-order valence-electron chi connectivity index (χ2n) is 9.19. The van der Waals surface area contributed by atoms with Crippen LogP contribution in [0.2, 0.25) is 0 Å².